The molecule has 2 aromatic rings. The summed E-state index contributed by atoms with van der Waals surface area (Å²) in [6.07, 6.45) is 3.09. The van der Waals surface area contributed by atoms with E-state index in [0.29, 0.717) is 0 Å². The second-order valence-corrected chi connectivity index (χ2v) is 4.51. The van der Waals surface area contributed by atoms with E-state index in [1.807, 2.05) is 6.07 Å². The van der Waals surface area contributed by atoms with Crippen molar-refractivity contribution in [3.63, 3.8) is 0 Å². The Kier molecular flexibility index (Phi) is 4.13. The lowest BCUT2D eigenvalue weighted by Crippen LogP contribution is -2.05. The Hall–Kier alpha value is -1.64. The molecule has 0 unspecified atom stereocenters. The quantitative estimate of drug-likeness (QED) is 0.857. The standard InChI is InChI=1S/C15H19FN2/c1-3-5-11-9-12-10-13(16)6-7-14(12)18-15(11)17-8-4-2/h6-7,9-10H,3-5,8H2,1-2H3,(H,17,18). The summed E-state index contributed by atoms with van der Waals surface area (Å²) < 4.78 is 13.2. The molecule has 0 aliphatic heterocycles. The van der Waals surface area contributed by atoms with Crippen LogP contribution in [0.4, 0.5) is 10.2 Å². The van der Waals surface area contributed by atoms with E-state index in [-0.39, 0.29) is 5.82 Å². The van der Waals surface area contributed by atoms with Crippen molar-refractivity contribution in [1.82, 2.24) is 4.98 Å². The highest BCUT2D eigenvalue weighted by Crippen LogP contribution is 2.22. The third-order valence-corrected chi connectivity index (χ3v) is 2.92. The predicted octanol–water partition coefficient (Wildman–Crippen LogP) is 4.15. The Balaban J connectivity index is 2.46. The van der Waals surface area contributed by atoms with Crippen LogP contribution in [0, 0.1) is 5.82 Å². The average molecular weight is 246 g/mol. The molecule has 1 aromatic carbocycles. The van der Waals surface area contributed by atoms with Crippen molar-refractivity contribution < 1.29 is 4.39 Å². The number of pyridine rings is 1. The highest BCUT2D eigenvalue weighted by atomic mass is 19.1. The molecule has 1 aromatic heterocycles. The van der Waals surface area contributed by atoms with E-state index in [2.05, 4.69) is 24.1 Å². The number of benzene rings is 1. The van der Waals surface area contributed by atoms with E-state index in [0.717, 1.165) is 42.5 Å². The molecule has 3 heteroatoms. The van der Waals surface area contributed by atoms with Crippen LogP contribution in [0.5, 0.6) is 0 Å². The number of aromatic nitrogens is 1. The van der Waals surface area contributed by atoms with Crippen LogP contribution in [0.3, 0.4) is 0 Å². The molecule has 0 bridgehead atoms. The summed E-state index contributed by atoms with van der Waals surface area (Å²) in [5, 5.41) is 4.23. The molecule has 0 aliphatic carbocycles. The number of hydrogen-bond donors (Lipinski definition) is 1. The highest BCUT2D eigenvalue weighted by molar-refractivity contribution is 5.81. The molecule has 0 aliphatic rings. The number of halogens is 1. The molecule has 18 heavy (non-hydrogen) atoms. The number of rotatable bonds is 5. The first-order valence-corrected chi connectivity index (χ1v) is 6.57. The highest BCUT2D eigenvalue weighted by Gasteiger charge is 2.06. The van der Waals surface area contributed by atoms with E-state index in [1.54, 1.807) is 12.1 Å². The fourth-order valence-corrected chi connectivity index (χ4v) is 2.05. The average Bonchev–Trinajstić information content (AvgIpc) is 2.36. The Morgan fingerprint density at radius 1 is 1.17 bits per heavy atom. The summed E-state index contributed by atoms with van der Waals surface area (Å²) in [7, 11) is 0. The molecule has 1 N–H and O–H groups in total. The van der Waals surface area contributed by atoms with Crippen LogP contribution in [0.15, 0.2) is 24.3 Å². The fraction of sp³-hybridized carbons (Fsp3) is 0.400. The second-order valence-electron chi connectivity index (χ2n) is 4.51. The van der Waals surface area contributed by atoms with Crippen molar-refractivity contribution in [1.29, 1.82) is 0 Å². The molecule has 2 nitrogen and oxygen atoms in total. The molecule has 0 saturated heterocycles. The number of hydrogen-bond acceptors (Lipinski definition) is 2. The first kappa shape index (κ1) is 12.8. The van der Waals surface area contributed by atoms with Gasteiger partial charge in [0.05, 0.1) is 5.52 Å². The molecule has 0 atom stereocenters. The van der Waals surface area contributed by atoms with Gasteiger partial charge >= 0.3 is 0 Å². The Morgan fingerprint density at radius 2 is 2.00 bits per heavy atom. The van der Waals surface area contributed by atoms with Crippen LogP contribution in [0.1, 0.15) is 32.3 Å². The lowest BCUT2D eigenvalue weighted by molar-refractivity contribution is 0.629. The van der Waals surface area contributed by atoms with E-state index in [9.17, 15) is 4.39 Å². The zero-order valence-corrected chi connectivity index (χ0v) is 11.0. The Bertz CT molecular complexity index is 537. The monoisotopic (exact) mass is 246 g/mol. The fourth-order valence-electron chi connectivity index (χ4n) is 2.05. The lowest BCUT2D eigenvalue weighted by Gasteiger charge is -2.11. The van der Waals surface area contributed by atoms with Gasteiger partial charge in [-0.05, 0) is 42.7 Å². The molecular formula is C15H19FN2. The van der Waals surface area contributed by atoms with Gasteiger partial charge in [0, 0.05) is 11.9 Å². The Morgan fingerprint density at radius 3 is 2.72 bits per heavy atom. The molecule has 0 fully saturated rings. The molecule has 0 spiro atoms. The third-order valence-electron chi connectivity index (χ3n) is 2.92. The van der Waals surface area contributed by atoms with Gasteiger partial charge in [-0.2, -0.15) is 0 Å². The topological polar surface area (TPSA) is 24.9 Å². The van der Waals surface area contributed by atoms with Gasteiger partial charge in [-0.1, -0.05) is 20.3 Å². The smallest absolute Gasteiger partial charge is 0.129 e. The largest absolute Gasteiger partial charge is 0.370 e. The first-order chi connectivity index (χ1) is 8.74. The summed E-state index contributed by atoms with van der Waals surface area (Å²) in [6.45, 7) is 5.18. The molecule has 1 heterocycles. The van der Waals surface area contributed by atoms with Crippen LogP contribution in [-0.4, -0.2) is 11.5 Å². The summed E-state index contributed by atoms with van der Waals surface area (Å²) in [4.78, 5) is 4.59. The molecule has 0 amide bonds. The maximum Gasteiger partial charge on any atom is 0.129 e. The van der Waals surface area contributed by atoms with Gasteiger partial charge in [0.25, 0.3) is 0 Å². The van der Waals surface area contributed by atoms with Crippen molar-refractivity contribution >= 4 is 16.7 Å². The number of nitrogens with one attached hydrogen (secondary N) is 1. The van der Waals surface area contributed by atoms with Gasteiger partial charge in [-0.15, -0.1) is 0 Å². The van der Waals surface area contributed by atoms with Crippen molar-refractivity contribution in [3.05, 3.63) is 35.6 Å². The number of anilines is 1. The minimum atomic E-state index is -0.207. The van der Waals surface area contributed by atoms with Crippen molar-refractivity contribution in [2.75, 3.05) is 11.9 Å². The summed E-state index contributed by atoms with van der Waals surface area (Å²) >= 11 is 0. The van der Waals surface area contributed by atoms with Crippen LogP contribution in [-0.2, 0) is 6.42 Å². The van der Waals surface area contributed by atoms with E-state index < -0.39 is 0 Å². The molecule has 96 valence electrons. The van der Waals surface area contributed by atoms with Crippen molar-refractivity contribution in [2.24, 2.45) is 0 Å². The molecule has 0 saturated carbocycles. The van der Waals surface area contributed by atoms with Gasteiger partial charge in [0.1, 0.15) is 11.6 Å². The Labute approximate surface area is 107 Å². The maximum atomic E-state index is 13.2. The summed E-state index contributed by atoms with van der Waals surface area (Å²) in [5.74, 6) is 0.735. The van der Waals surface area contributed by atoms with E-state index >= 15 is 0 Å². The summed E-state index contributed by atoms with van der Waals surface area (Å²) in [5.41, 5.74) is 2.01. The van der Waals surface area contributed by atoms with Crippen LogP contribution in [0.2, 0.25) is 0 Å². The van der Waals surface area contributed by atoms with Crippen molar-refractivity contribution in [2.45, 2.75) is 33.1 Å². The van der Waals surface area contributed by atoms with Gasteiger partial charge in [0.15, 0.2) is 0 Å². The maximum absolute atomic E-state index is 13.2. The predicted molar refractivity (Wildman–Crippen MR) is 74.5 cm³/mol. The van der Waals surface area contributed by atoms with Gasteiger partial charge < -0.3 is 5.32 Å². The third kappa shape index (κ3) is 2.78. The van der Waals surface area contributed by atoms with Crippen LogP contribution in [0.25, 0.3) is 10.9 Å². The molecule has 2 rings (SSSR count). The van der Waals surface area contributed by atoms with Gasteiger partial charge in [-0.3, -0.25) is 0 Å². The van der Waals surface area contributed by atoms with E-state index in [4.69, 9.17) is 0 Å². The van der Waals surface area contributed by atoms with Crippen molar-refractivity contribution in [3.8, 4) is 0 Å². The zero-order valence-electron chi connectivity index (χ0n) is 11.0. The van der Waals surface area contributed by atoms with Gasteiger partial charge in [0.2, 0.25) is 0 Å². The SMILES string of the molecule is CCCNc1nc2ccc(F)cc2cc1CCC. The van der Waals surface area contributed by atoms with Crippen LogP contribution >= 0.6 is 0 Å². The van der Waals surface area contributed by atoms with Gasteiger partial charge in [-0.25, -0.2) is 9.37 Å². The number of fused-ring (bicyclic) bond motifs is 1. The zero-order chi connectivity index (χ0) is 13.0. The minimum Gasteiger partial charge on any atom is -0.370 e. The normalized spacial score (nSPS) is 10.8. The molecular weight excluding hydrogens is 227 g/mol. The van der Waals surface area contributed by atoms with Crippen LogP contribution < -0.4 is 5.32 Å². The molecule has 0 radical (unpaired) electrons. The number of aryl methyl sites for hydroxylation is 1. The lowest BCUT2D eigenvalue weighted by atomic mass is 10.1. The summed E-state index contributed by atoms with van der Waals surface area (Å²) in [6, 6.07) is 6.79. The van der Waals surface area contributed by atoms with E-state index in [1.165, 1.54) is 11.6 Å². The minimum absolute atomic E-state index is 0.207. The first-order valence-electron chi connectivity index (χ1n) is 6.57. The number of nitrogens with zero attached hydrogens (tertiary/aromatic N) is 1. The second kappa shape index (κ2) is 5.80.